The molecule has 7 heteroatoms. The molecule has 0 saturated carbocycles. The summed E-state index contributed by atoms with van der Waals surface area (Å²) in [6.45, 7) is 3.57. The van der Waals surface area contributed by atoms with E-state index in [4.69, 9.17) is 18.9 Å². The van der Waals surface area contributed by atoms with Crippen molar-refractivity contribution in [2.24, 2.45) is 0 Å². The fourth-order valence-corrected chi connectivity index (χ4v) is 3.72. The molecule has 0 N–H and O–H groups in total. The van der Waals surface area contributed by atoms with E-state index in [1.807, 2.05) is 31.2 Å². The number of benzene rings is 2. The number of carbonyl (C=O) groups is 2. The SMILES string of the molecule is COc1cc(/C=C/C(=O)O[C@@H](C)C(=O)N2c3ccccc3C[C@H]2C)cc(OC)c1OC. The van der Waals surface area contributed by atoms with Crippen molar-refractivity contribution in [2.45, 2.75) is 32.4 Å². The first kappa shape index (κ1) is 22.2. The van der Waals surface area contributed by atoms with Crippen LogP contribution in [-0.4, -0.2) is 45.4 Å². The maximum absolute atomic E-state index is 12.9. The van der Waals surface area contributed by atoms with Gasteiger partial charge in [0.2, 0.25) is 5.75 Å². The molecule has 2 aromatic rings. The van der Waals surface area contributed by atoms with Crippen LogP contribution < -0.4 is 19.1 Å². The zero-order valence-corrected chi connectivity index (χ0v) is 18.4. The normalized spacial score (nSPS) is 16.0. The van der Waals surface area contributed by atoms with Crippen molar-refractivity contribution in [3.05, 3.63) is 53.6 Å². The number of para-hydroxylation sites is 1. The smallest absolute Gasteiger partial charge is 0.331 e. The summed E-state index contributed by atoms with van der Waals surface area (Å²) in [6, 6.07) is 11.2. The lowest BCUT2D eigenvalue weighted by molar-refractivity contribution is -0.149. The number of ether oxygens (including phenoxy) is 4. The number of rotatable bonds is 7. The molecule has 0 radical (unpaired) electrons. The number of methoxy groups -OCH3 is 3. The Kier molecular flexibility index (Phi) is 6.84. The molecule has 0 fully saturated rings. The predicted molar refractivity (Wildman–Crippen MR) is 118 cm³/mol. The van der Waals surface area contributed by atoms with Crippen LogP contribution in [0.3, 0.4) is 0 Å². The van der Waals surface area contributed by atoms with Crippen molar-refractivity contribution in [3.8, 4) is 17.2 Å². The molecule has 1 aliphatic rings. The van der Waals surface area contributed by atoms with Crippen LogP contribution >= 0.6 is 0 Å². The third-order valence-electron chi connectivity index (χ3n) is 5.18. The number of amides is 1. The van der Waals surface area contributed by atoms with Gasteiger partial charge < -0.3 is 23.8 Å². The van der Waals surface area contributed by atoms with Crippen LogP contribution in [0.1, 0.15) is 25.0 Å². The first-order chi connectivity index (χ1) is 14.9. The molecule has 2 atom stereocenters. The van der Waals surface area contributed by atoms with Gasteiger partial charge in [0.1, 0.15) is 0 Å². The summed E-state index contributed by atoms with van der Waals surface area (Å²) in [5, 5.41) is 0. The van der Waals surface area contributed by atoms with Gasteiger partial charge in [0, 0.05) is 17.8 Å². The summed E-state index contributed by atoms with van der Waals surface area (Å²) in [5.74, 6) is 0.547. The third-order valence-corrected chi connectivity index (χ3v) is 5.18. The van der Waals surface area contributed by atoms with Crippen LogP contribution in [-0.2, 0) is 20.7 Å². The molecule has 0 unspecified atom stereocenters. The Balaban J connectivity index is 1.69. The summed E-state index contributed by atoms with van der Waals surface area (Å²) in [6.07, 6.45) is 2.71. The highest BCUT2D eigenvalue weighted by Crippen LogP contribution is 2.38. The highest BCUT2D eigenvalue weighted by molar-refractivity contribution is 6.00. The number of esters is 1. The topological polar surface area (TPSA) is 74.3 Å². The number of hydrogen-bond donors (Lipinski definition) is 0. The van der Waals surface area contributed by atoms with Crippen molar-refractivity contribution in [2.75, 3.05) is 26.2 Å². The Labute approximate surface area is 182 Å². The quantitative estimate of drug-likeness (QED) is 0.498. The van der Waals surface area contributed by atoms with Crippen molar-refractivity contribution in [1.29, 1.82) is 0 Å². The zero-order valence-electron chi connectivity index (χ0n) is 18.4. The molecule has 7 nitrogen and oxygen atoms in total. The monoisotopic (exact) mass is 425 g/mol. The second-order valence-corrected chi connectivity index (χ2v) is 7.26. The average Bonchev–Trinajstić information content (AvgIpc) is 3.11. The van der Waals surface area contributed by atoms with Crippen LogP contribution in [0.2, 0.25) is 0 Å². The van der Waals surface area contributed by atoms with Crippen LogP contribution in [0.25, 0.3) is 6.08 Å². The van der Waals surface area contributed by atoms with Gasteiger partial charge in [-0.3, -0.25) is 4.79 Å². The minimum atomic E-state index is -0.911. The standard InChI is InChI=1S/C24H27NO6/c1-15-12-18-8-6-7-9-19(18)25(15)24(27)16(2)31-22(26)11-10-17-13-20(28-3)23(30-5)21(14-17)29-4/h6-11,13-16H,12H2,1-5H3/b11-10+/t15-,16+/m1/s1. The highest BCUT2D eigenvalue weighted by Gasteiger charge is 2.34. The second-order valence-electron chi connectivity index (χ2n) is 7.26. The molecule has 0 bridgehead atoms. The fourth-order valence-electron chi connectivity index (χ4n) is 3.72. The molecular formula is C24H27NO6. The van der Waals surface area contributed by atoms with Gasteiger partial charge in [0.15, 0.2) is 17.6 Å². The van der Waals surface area contributed by atoms with Crippen LogP contribution in [0.15, 0.2) is 42.5 Å². The van der Waals surface area contributed by atoms with E-state index in [1.165, 1.54) is 27.4 Å². The number of anilines is 1. The molecule has 1 aliphatic heterocycles. The number of carbonyl (C=O) groups excluding carboxylic acids is 2. The second kappa shape index (κ2) is 9.55. The van der Waals surface area contributed by atoms with Crippen molar-refractivity contribution in [3.63, 3.8) is 0 Å². The lowest BCUT2D eigenvalue weighted by Crippen LogP contribution is -2.43. The lowest BCUT2D eigenvalue weighted by atomic mass is 10.1. The molecule has 1 heterocycles. The van der Waals surface area contributed by atoms with Crippen molar-refractivity contribution in [1.82, 2.24) is 0 Å². The summed E-state index contributed by atoms with van der Waals surface area (Å²) >= 11 is 0. The highest BCUT2D eigenvalue weighted by atomic mass is 16.5. The zero-order chi connectivity index (χ0) is 22.5. The molecule has 1 amide bonds. The fraction of sp³-hybridized carbons (Fsp3) is 0.333. The van der Waals surface area contributed by atoms with Gasteiger partial charge in [-0.1, -0.05) is 18.2 Å². The Bertz CT molecular complexity index is 974. The van der Waals surface area contributed by atoms with E-state index in [9.17, 15) is 9.59 Å². The first-order valence-corrected chi connectivity index (χ1v) is 9.99. The van der Waals surface area contributed by atoms with Crippen molar-refractivity contribution < 1.29 is 28.5 Å². The third kappa shape index (κ3) is 4.66. The molecular weight excluding hydrogens is 398 g/mol. The van der Waals surface area contributed by atoms with E-state index >= 15 is 0 Å². The Morgan fingerprint density at radius 2 is 1.71 bits per heavy atom. The summed E-state index contributed by atoms with van der Waals surface area (Å²) in [5.41, 5.74) is 2.65. The summed E-state index contributed by atoms with van der Waals surface area (Å²) < 4.78 is 21.3. The Hall–Kier alpha value is -3.48. The molecule has 31 heavy (non-hydrogen) atoms. The van der Waals surface area contributed by atoms with E-state index in [-0.39, 0.29) is 11.9 Å². The van der Waals surface area contributed by atoms with Crippen molar-refractivity contribution >= 4 is 23.6 Å². The van der Waals surface area contributed by atoms with Gasteiger partial charge in [-0.25, -0.2) is 4.79 Å². The number of nitrogens with zero attached hydrogens (tertiary/aromatic N) is 1. The summed E-state index contributed by atoms with van der Waals surface area (Å²) in [4.78, 5) is 27.0. The van der Waals surface area contributed by atoms with Crippen LogP contribution in [0.5, 0.6) is 17.2 Å². The first-order valence-electron chi connectivity index (χ1n) is 9.99. The van der Waals surface area contributed by atoms with Gasteiger partial charge in [0.25, 0.3) is 5.91 Å². The van der Waals surface area contributed by atoms with Gasteiger partial charge in [-0.2, -0.15) is 0 Å². The minimum Gasteiger partial charge on any atom is -0.493 e. The van der Waals surface area contributed by atoms with Gasteiger partial charge in [0.05, 0.1) is 21.3 Å². The molecule has 0 aromatic heterocycles. The molecule has 0 aliphatic carbocycles. The molecule has 0 saturated heterocycles. The van der Waals surface area contributed by atoms with E-state index < -0.39 is 12.1 Å². The summed E-state index contributed by atoms with van der Waals surface area (Å²) in [7, 11) is 4.55. The minimum absolute atomic E-state index is 0.0147. The number of hydrogen-bond acceptors (Lipinski definition) is 6. The van der Waals surface area contributed by atoms with Gasteiger partial charge in [-0.15, -0.1) is 0 Å². The molecule has 164 valence electrons. The Morgan fingerprint density at radius 1 is 1.06 bits per heavy atom. The molecule has 0 spiro atoms. The van der Waals surface area contributed by atoms with E-state index in [2.05, 4.69) is 0 Å². The van der Waals surface area contributed by atoms with E-state index in [1.54, 1.807) is 30.0 Å². The predicted octanol–water partition coefficient (Wildman–Crippen LogP) is 3.64. The van der Waals surface area contributed by atoms with Gasteiger partial charge in [-0.05, 0) is 55.7 Å². The maximum Gasteiger partial charge on any atom is 0.331 e. The van der Waals surface area contributed by atoms with Gasteiger partial charge >= 0.3 is 5.97 Å². The van der Waals surface area contributed by atoms with Crippen LogP contribution in [0.4, 0.5) is 5.69 Å². The lowest BCUT2D eigenvalue weighted by Gasteiger charge is -2.25. The average molecular weight is 425 g/mol. The largest absolute Gasteiger partial charge is 0.493 e. The van der Waals surface area contributed by atoms with E-state index in [0.717, 1.165) is 17.7 Å². The van der Waals surface area contributed by atoms with Crippen LogP contribution in [0, 0.1) is 0 Å². The molecule has 3 rings (SSSR count). The maximum atomic E-state index is 12.9. The molecule has 2 aromatic carbocycles. The Morgan fingerprint density at radius 3 is 2.32 bits per heavy atom. The number of fused-ring (bicyclic) bond motifs is 1. The van der Waals surface area contributed by atoms with E-state index in [0.29, 0.717) is 22.8 Å².